The Labute approximate surface area is 99.7 Å². The molecular formula is C8H9N3O5S. The highest BCUT2D eigenvalue weighted by Gasteiger charge is 2.08. The summed E-state index contributed by atoms with van der Waals surface area (Å²) in [7, 11) is 0. The standard InChI is InChI=1S/C8H9N3O5S/c12-3-4-16-8(13)10-9-5-6-1-2-7(17-6)11(14)15/h1-2,5,12H,3-4H2,(H,10,13)/b9-5+. The molecule has 2 N–H and O–H groups in total. The molecule has 9 heteroatoms. The van der Waals surface area contributed by atoms with E-state index < -0.39 is 11.0 Å². The lowest BCUT2D eigenvalue weighted by molar-refractivity contribution is -0.380. The molecule has 1 amide bonds. The molecule has 1 rings (SSSR count). The number of nitro groups is 1. The third kappa shape index (κ3) is 4.57. The van der Waals surface area contributed by atoms with E-state index in [1.165, 1.54) is 18.3 Å². The van der Waals surface area contributed by atoms with Crippen molar-refractivity contribution in [3.8, 4) is 0 Å². The van der Waals surface area contributed by atoms with Crippen LogP contribution in [0, 0.1) is 10.1 Å². The second kappa shape index (κ2) is 6.55. The van der Waals surface area contributed by atoms with E-state index in [1.54, 1.807) is 0 Å². The van der Waals surface area contributed by atoms with Gasteiger partial charge < -0.3 is 9.84 Å². The molecule has 0 aliphatic rings. The van der Waals surface area contributed by atoms with Crippen LogP contribution in [-0.2, 0) is 4.74 Å². The summed E-state index contributed by atoms with van der Waals surface area (Å²) < 4.78 is 4.45. The van der Waals surface area contributed by atoms with Gasteiger partial charge >= 0.3 is 11.1 Å². The Morgan fingerprint density at radius 3 is 3.06 bits per heavy atom. The number of aliphatic hydroxyl groups excluding tert-OH is 1. The van der Waals surface area contributed by atoms with Gasteiger partial charge in [-0.1, -0.05) is 11.3 Å². The van der Waals surface area contributed by atoms with Crippen molar-refractivity contribution < 1.29 is 19.6 Å². The first-order valence-electron chi connectivity index (χ1n) is 4.44. The van der Waals surface area contributed by atoms with Crippen LogP contribution in [0.15, 0.2) is 17.2 Å². The van der Waals surface area contributed by atoms with Crippen LogP contribution in [-0.4, -0.2) is 35.6 Å². The average molecular weight is 259 g/mol. The summed E-state index contributed by atoms with van der Waals surface area (Å²) in [6.07, 6.45) is 0.457. The molecule has 8 nitrogen and oxygen atoms in total. The Morgan fingerprint density at radius 2 is 2.47 bits per heavy atom. The maximum absolute atomic E-state index is 10.8. The summed E-state index contributed by atoms with van der Waals surface area (Å²) in [6.45, 7) is -0.389. The third-order valence-corrected chi connectivity index (χ3v) is 2.44. The Morgan fingerprint density at radius 1 is 1.71 bits per heavy atom. The zero-order chi connectivity index (χ0) is 12.7. The number of nitrogens with zero attached hydrogens (tertiary/aromatic N) is 2. The minimum absolute atomic E-state index is 0.00527. The van der Waals surface area contributed by atoms with Crippen LogP contribution in [0.4, 0.5) is 9.80 Å². The Hall–Kier alpha value is -2.00. The molecule has 0 atom stereocenters. The van der Waals surface area contributed by atoms with Gasteiger partial charge in [0, 0.05) is 6.07 Å². The van der Waals surface area contributed by atoms with E-state index in [1.807, 2.05) is 5.43 Å². The first-order chi connectivity index (χ1) is 8.13. The monoisotopic (exact) mass is 259 g/mol. The number of hydrogen-bond donors (Lipinski definition) is 2. The number of rotatable bonds is 5. The van der Waals surface area contributed by atoms with Crippen molar-refractivity contribution in [3.05, 3.63) is 27.1 Å². The van der Waals surface area contributed by atoms with Crippen molar-refractivity contribution >= 4 is 28.6 Å². The fourth-order valence-electron chi connectivity index (χ4n) is 0.829. The van der Waals surface area contributed by atoms with E-state index in [4.69, 9.17) is 5.11 Å². The van der Waals surface area contributed by atoms with Crippen LogP contribution in [0.25, 0.3) is 0 Å². The number of ether oxygens (including phenoxy) is 1. The molecule has 92 valence electrons. The molecule has 0 aliphatic heterocycles. The van der Waals surface area contributed by atoms with Crippen molar-refractivity contribution in [1.82, 2.24) is 5.43 Å². The zero-order valence-electron chi connectivity index (χ0n) is 8.53. The summed E-state index contributed by atoms with van der Waals surface area (Å²) in [5, 5.41) is 22.3. The van der Waals surface area contributed by atoms with Crippen molar-refractivity contribution in [2.24, 2.45) is 5.10 Å². The summed E-state index contributed by atoms with van der Waals surface area (Å²) >= 11 is 0.930. The van der Waals surface area contributed by atoms with Crippen LogP contribution in [0.3, 0.4) is 0 Å². The largest absolute Gasteiger partial charge is 0.446 e. The molecule has 0 saturated carbocycles. The summed E-state index contributed by atoms with van der Waals surface area (Å²) in [5.74, 6) is 0. The molecule has 0 unspecified atom stereocenters. The number of hydrazone groups is 1. The van der Waals surface area contributed by atoms with E-state index in [9.17, 15) is 14.9 Å². The minimum atomic E-state index is -0.804. The molecule has 0 aromatic carbocycles. The van der Waals surface area contributed by atoms with Crippen molar-refractivity contribution in [1.29, 1.82) is 0 Å². The lowest BCUT2D eigenvalue weighted by Gasteiger charge is -1.99. The molecule has 1 heterocycles. The number of nitrogens with one attached hydrogen (secondary N) is 1. The van der Waals surface area contributed by atoms with Gasteiger partial charge in [0.05, 0.1) is 22.6 Å². The number of hydrogen-bond acceptors (Lipinski definition) is 7. The van der Waals surface area contributed by atoms with Gasteiger partial charge in [-0.25, -0.2) is 10.2 Å². The van der Waals surface area contributed by atoms with Gasteiger partial charge in [0.25, 0.3) is 0 Å². The maximum atomic E-state index is 10.8. The van der Waals surface area contributed by atoms with E-state index >= 15 is 0 Å². The normalized spacial score (nSPS) is 10.4. The highest BCUT2D eigenvalue weighted by Crippen LogP contribution is 2.22. The smallest absolute Gasteiger partial charge is 0.427 e. The molecule has 1 aromatic rings. The fraction of sp³-hybridized carbons (Fsp3) is 0.250. The van der Waals surface area contributed by atoms with Crippen LogP contribution in [0.1, 0.15) is 4.88 Å². The first-order valence-corrected chi connectivity index (χ1v) is 5.26. The molecule has 0 bridgehead atoms. The van der Waals surface area contributed by atoms with Crippen molar-refractivity contribution in [2.45, 2.75) is 0 Å². The van der Waals surface area contributed by atoms with E-state index in [2.05, 4.69) is 9.84 Å². The second-order valence-electron chi connectivity index (χ2n) is 2.66. The van der Waals surface area contributed by atoms with Gasteiger partial charge in [-0.15, -0.1) is 0 Å². The predicted molar refractivity (Wildman–Crippen MR) is 60.1 cm³/mol. The van der Waals surface area contributed by atoms with E-state index in [0.717, 1.165) is 11.3 Å². The molecule has 0 spiro atoms. The highest BCUT2D eigenvalue weighted by molar-refractivity contribution is 7.16. The number of carbonyl (C=O) groups is 1. The summed E-state index contributed by atoms with van der Waals surface area (Å²) in [4.78, 5) is 21.2. The lowest BCUT2D eigenvalue weighted by Crippen LogP contribution is -2.20. The SMILES string of the molecule is O=C(N/N=C/c1ccc([N+](=O)[O-])s1)OCCO. The van der Waals surface area contributed by atoms with E-state index in [-0.39, 0.29) is 18.2 Å². The topological polar surface area (TPSA) is 114 Å². The van der Waals surface area contributed by atoms with Crippen molar-refractivity contribution in [3.63, 3.8) is 0 Å². The van der Waals surface area contributed by atoms with Crippen LogP contribution >= 0.6 is 11.3 Å². The molecule has 0 aliphatic carbocycles. The molecule has 1 aromatic heterocycles. The maximum Gasteiger partial charge on any atom is 0.427 e. The van der Waals surface area contributed by atoms with Crippen LogP contribution in [0.2, 0.25) is 0 Å². The fourth-order valence-corrected chi connectivity index (χ4v) is 1.52. The molecular weight excluding hydrogens is 250 g/mol. The van der Waals surface area contributed by atoms with Crippen LogP contribution in [0.5, 0.6) is 0 Å². The van der Waals surface area contributed by atoms with Gasteiger partial charge in [0.1, 0.15) is 6.61 Å². The number of aliphatic hydroxyl groups is 1. The number of thiophene rings is 1. The predicted octanol–water partition coefficient (Wildman–Crippen LogP) is 0.709. The molecule has 0 radical (unpaired) electrons. The highest BCUT2D eigenvalue weighted by atomic mass is 32.1. The lowest BCUT2D eigenvalue weighted by atomic mass is 10.5. The van der Waals surface area contributed by atoms with Crippen molar-refractivity contribution in [2.75, 3.05) is 13.2 Å². The molecule has 0 fully saturated rings. The number of amides is 1. The molecule has 0 saturated heterocycles. The van der Waals surface area contributed by atoms with Gasteiger partial charge in [0.2, 0.25) is 0 Å². The molecule has 17 heavy (non-hydrogen) atoms. The number of carbonyl (C=O) groups excluding carboxylic acids is 1. The Kier molecular flexibility index (Phi) is 5.04. The quantitative estimate of drug-likeness (QED) is 0.459. The van der Waals surface area contributed by atoms with Gasteiger partial charge in [-0.3, -0.25) is 10.1 Å². The van der Waals surface area contributed by atoms with Gasteiger partial charge in [0.15, 0.2) is 0 Å². The zero-order valence-corrected chi connectivity index (χ0v) is 9.35. The summed E-state index contributed by atoms with van der Waals surface area (Å²) in [6, 6.07) is 2.85. The Bertz CT molecular complexity index is 431. The van der Waals surface area contributed by atoms with Crippen LogP contribution < -0.4 is 5.43 Å². The first kappa shape index (κ1) is 13.1. The Balaban J connectivity index is 2.42. The van der Waals surface area contributed by atoms with Gasteiger partial charge in [-0.05, 0) is 6.07 Å². The van der Waals surface area contributed by atoms with Gasteiger partial charge in [-0.2, -0.15) is 5.10 Å². The van der Waals surface area contributed by atoms with E-state index in [0.29, 0.717) is 4.88 Å². The average Bonchev–Trinajstić information content (AvgIpc) is 2.75. The second-order valence-corrected chi connectivity index (χ2v) is 3.76. The minimum Gasteiger partial charge on any atom is -0.446 e. The third-order valence-electron chi connectivity index (χ3n) is 1.46. The summed E-state index contributed by atoms with van der Waals surface area (Å²) in [5.41, 5.74) is 2.04.